The monoisotopic (exact) mass is 461 g/mol. The highest BCUT2D eigenvalue weighted by Gasteiger charge is 2.16. The van der Waals surface area contributed by atoms with Gasteiger partial charge < -0.3 is 20.7 Å². The van der Waals surface area contributed by atoms with Gasteiger partial charge in [0.15, 0.2) is 0 Å². The number of hydrogen-bond donors (Lipinski definition) is 3. The Morgan fingerprint density at radius 3 is 2.24 bits per heavy atom. The molecule has 0 atom stereocenters. The second kappa shape index (κ2) is 10.1. The van der Waals surface area contributed by atoms with E-state index >= 15 is 0 Å². The lowest BCUT2D eigenvalue weighted by atomic mass is 10.2. The van der Waals surface area contributed by atoms with E-state index in [1.54, 1.807) is 63.2 Å². The molecular weight excluding hydrogens is 438 g/mol. The molecule has 0 saturated heterocycles. The SMILES string of the molecule is CC(C)(C)OC(=O)NCCC(=O)Nc1ccccc1NC(=O)c1cccc(Br)c1. The zero-order valence-electron chi connectivity index (χ0n) is 16.5. The summed E-state index contributed by atoms with van der Waals surface area (Å²) in [6, 6.07) is 13.9. The van der Waals surface area contributed by atoms with Crippen molar-refractivity contribution in [2.24, 2.45) is 0 Å². The van der Waals surface area contributed by atoms with Crippen molar-refractivity contribution < 1.29 is 19.1 Å². The highest BCUT2D eigenvalue weighted by Crippen LogP contribution is 2.22. The number of ether oxygens (including phenoxy) is 1. The molecule has 154 valence electrons. The van der Waals surface area contributed by atoms with Crippen molar-refractivity contribution in [2.45, 2.75) is 32.8 Å². The quantitative estimate of drug-likeness (QED) is 0.587. The molecule has 29 heavy (non-hydrogen) atoms. The maximum atomic E-state index is 12.5. The molecule has 3 N–H and O–H groups in total. The minimum absolute atomic E-state index is 0.0627. The standard InChI is InChI=1S/C21H24BrN3O4/c1-21(2,3)29-20(28)23-12-11-18(26)24-16-9-4-5-10-17(16)25-19(27)14-7-6-8-15(22)13-14/h4-10,13H,11-12H2,1-3H3,(H,23,28)(H,24,26)(H,25,27). The van der Waals surface area contributed by atoms with Crippen molar-refractivity contribution in [3.05, 3.63) is 58.6 Å². The number of halogens is 1. The summed E-state index contributed by atoms with van der Waals surface area (Å²) in [5.74, 6) is -0.593. The van der Waals surface area contributed by atoms with Crippen LogP contribution in [0.5, 0.6) is 0 Å². The molecular formula is C21H24BrN3O4. The Labute approximate surface area is 178 Å². The van der Waals surface area contributed by atoms with Gasteiger partial charge in [-0.15, -0.1) is 0 Å². The smallest absolute Gasteiger partial charge is 0.407 e. The van der Waals surface area contributed by atoms with E-state index in [0.717, 1.165) is 4.47 Å². The largest absolute Gasteiger partial charge is 0.444 e. The Morgan fingerprint density at radius 2 is 1.62 bits per heavy atom. The first-order chi connectivity index (χ1) is 13.6. The summed E-state index contributed by atoms with van der Waals surface area (Å²) in [4.78, 5) is 36.3. The average Bonchev–Trinajstić information content (AvgIpc) is 2.61. The first-order valence-electron chi connectivity index (χ1n) is 9.07. The molecule has 0 radical (unpaired) electrons. The van der Waals surface area contributed by atoms with Crippen molar-refractivity contribution in [3.63, 3.8) is 0 Å². The summed E-state index contributed by atoms with van der Waals surface area (Å²) in [6.07, 6.45) is -0.514. The molecule has 0 bridgehead atoms. The Hall–Kier alpha value is -2.87. The number of anilines is 2. The number of rotatable bonds is 6. The minimum Gasteiger partial charge on any atom is -0.444 e. The Morgan fingerprint density at radius 1 is 0.966 bits per heavy atom. The predicted octanol–water partition coefficient (Wildman–Crippen LogP) is 4.55. The van der Waals surface area contributed by atoms with Crippen molar-refractivity contribution in [1.29, 1.82) is 0 Å². The fourth-order valence-corrected chi connectivity index (χ4v) is 2.73. The third kappa shape index (κ3) is 7.95. The van der Waals surface area contributed by atoms with Gasteiger partial charge in [0.1, 0.15) is 5.60 Å². The zero-order chi connectivity index (χ0) is 21.4. The van der Waals surface area contributed by atoms with Crippen LogP contribution in [0.2, 0.25) is 0 Å². The summed E-state index contributed by atoms with van der Waals surface area (Å²) < 4.78 is 5.91. The third-order valence-corrected chi connectivity index (χ3v) is 4.05. The number of carbonyl (C=O) groups is 3. The first-order valence-corrected chi connectivity index (χ1v) is 9.86. The van der Waals surface area contributed by atoms with Crippen molar-refractivity contribution in [1.82, 2.24) is 5.32 Å². The van der Waals surface area contributed by atoms with E-state index in [0.29, 0.717) is 16.9 Å². The molecule has 0 aliphatic rings. The number of nitrogens with one attached hydrogen (secondary N) is 3. The van der Waals surface area contributed by atoms with E-state index in [2.05, 4.69) is 31.9 Å². The molecule has 7 nitrogen and oxygen atoms in total. The molecule has 2 aromatic carbocycles. The number of hydrogen-bond acceptors (Lipinski definition) is 4. The first kappa shape index (κ1) is 22.4. The second-order valence-electron chi connectivity index (χ2n) is 7.24. The lowest BCUT2D eigenvalue weighted by Gasteiger charge is -2.19. The average molecular weight is 462 g/mol. The molecule has 0 fully saturated rings. The van der Waals surface area contributed by atoms with Crippen LogP contribution in [-0.4, -0.2) is 30.1 Å². The van der Waals surface area contributed by atoms with Gasteiger partial charge in [0, 0.05) is 23.0 Å². The van der Waals surface area contributed by atoms with Gasteiger partial charge in [-0.25, -0.2) is 4.79 Å². The Bertz CT molecular complexity index is 893. The van der Waals surface area contributed by atoms with Crippen LogP contribution in [0.15, 0.2) is 53.0 Å². The third-order valence-electron chi connectivity index (χ3n) is 3.56. The van der Waals surface area contributed by atoms with Crippen LogP contribution in [0.3, 0.4) is 0 Å². The number of alkyl carbamates (subject to hydrolysis) is 1. The molecule has 2 rings (SSSR count). The van der Waals surface area contributed by atoms with Crippen LogP contribution in [0.25, 0.3) is 0 Å². The van der Waals surface area contributed by atoms with Gasteiger partial charge in [0.05, 0.1) is 11.4 Å². The van der Waals surface area contributed by atoms with E-state index < -0.39 is 11.7 Å². The van der Waals surface area contributed by atoms with Crippen molar-refractivity contribution in [3.8, 4) is 0 Å². The van der Waals surface area contributed by atoms with E-state index in [4.69, 9.17) is 4.74 Å². The normalized spacial score (nSPS) is 10.8. The fourth-order valence-electron chi connectivity index (χ4n) is 2.33. The van der Waals surface area contributed by atoms with Crippen LogP contribution >= 0.6 is 15.9 Å². The fraction of sp³-hybridized carbons (Fsp3) is 0.286. The van der Waals surface area contributed by atoms with Crippen LogP contribution in [-0.2, 0) is 9.53 Å². The van der Waals surface area contributed by atoms with Gasteiger partial charge in [-0.3, -0.25) is 9.59 Å². The van der Waals surface area contributed by atoms with Gasteiger partial charge in [0.25, 0.3) is 5.91 Å². The molecule has 0 aliphatic carbocycles. The van der Waals surface area contributed by atoms with Gasteiger partial charge in [-0.05, 0) is 51.1 Å². The molecule has 0 aromatic heterocycles. The summed E-state index contributed by atoms with van der Waals surface area (Å²) in [5, 5.41) is 8.07. The number of para-hydroxylation sites is 2. The summed E-state index contributed by atoms with van der Waals surface area (Å²) >= 11 is 3.34. The number of benzene rings is 2. The van der Waals surface area contributed by atoms with Crippen LogP contribution in [0.1, 0.15) is 37.6 Å². The van der Waals surface area contributed by atoms with Gasteiger partial charge in [0.2, 0.25) is 5.91 Å². The van der Waals surface area contributed by atoms with Gasteiger partial charge in [-0.2, -0.15) is 0 Å². The molecule has 0 spiro atoms. The van der Waals surface area contributed by atoms with E-state index in [1.165, 1.54) is 0 Å². The van der Waals surface area contributed by atoms with Crippen LogP contribution < -0.4 is 16.0 Å². The molecule has 3 amide bonds. The topological polar surface area (TPSA) is 96.5 Å². The highest BCUT2D eigenvalue weighted by atomic mass is 79.9. The Balaban J connectivity index is 1.92. The van der Waals surface area contributed by atoms with Crippen molar-refractivity contribution >= 4 is 45.2 Å². The lowest BCUT2D eigenvalue weighted by Crippen LogP contribution is -2.34. The van der Waals surface area contributed by atoms with E-state index in [-0.39, 0.29) is 24.8 Å². The predicted molar refractivity (Wildman–Crippen MR) is 116 cm³/mol. The second-order valence-corrected chi connectivity index (χ2v) is 8.15. The molecule has 0 aliphatic heterocycles. The zero-order valence-corrected chi connectivity index (χ0v) is 18.1. The minimum atomic E-state index is -0.599. The lowest BCUT2D eigenvalue weighted by molar-refractivity contribution is -0.116. The maximum Gasteiger partial charge on any atom is 0.407 e. The highest BCUT2D eigenvalue weighted by molar-refractivity contribution is 9.10. The van der Waals surface area contributed by atoms with Crippen LogP contribution in [0.4, 0.5) is 16.2 Å². The summed E-state index contributed by atoms with van der Waals surface area (Å²) in [6.45, 7) is 5.42. The number of carbonyl (C=O) groups excluding carboxylic acids is 3. The molecule has 0 unspecified atom stereocenters. The van der Waals surface area contributed by atoms with E-state index in [9.17, 15) is 14.4 Å². The molecule has 8 heteroatoms. The van der Waals surface area contributed by atoms with E-state index in [1.807, 2.05) is 6.07 Å². The molecule has 0 heterocycles. The summed E-state index contributed by atoms with van der Waals surface area (Å²) in [5.41, 5.74) is 0.837. The molecule has 2 aromatic rings. The number of amides is 3. The van der Waals surface area contributed by atoms with Crippen LogP contribution in [0, 0.1) is 0 Å². The van der Waals surface area contributed by atoms with Gasteiger partial charge >= 0.3 is 6.09 Å². The maximum absolute atomic E-state index is 12.5. The van der Waals surface area contributed by atoms with Crippen molar-refractivity contribution in [2.75, 3.05) is 17.2 Å². The molecule has 0 saturated carbocycles. The summed E-state index contributed by atoms with van der Waals surface area (Å²) in [7, 11) is 0. The Kier molecular flexibility index (Phi) is 7.78. The van der Waals surface area contributed by atoms with Gasteiger partial charge in [-0.1, -0.05) is 34.1 Å².